The first-order chi connectivity index (χ1) is 6.70. The van der Waals surface area contributed by atoms with Crippen LogP contribution in [-0.2, 0) is 11.2 Å². The van der Waals surface area contributed by atoms with E-state index in [2.05, 4.69) is 4.98 Å². The number of nitrogens with one attached hydrogen (secondary N) is 1. The Morgan fingerprint density at radius 2 is 2.43 bits per heavy atom. The molecule has 2 unspecified atom stereocenters. The SMILES string of the molecule is CC(C(=O)O)C1CCCc2c[nH]cc21. The molecule has 2 rings (SSSR count). The van der Waals surface area contributed by atoms with Crippen molar-refractivity contribution < 1.29 is 9.90 Å². The van der Waals surface area contributed by atoms with Crippen molar-refractivity contribution in [2.75, 3.05) is 0 Å². The average molecular weight is 193 g/mol. The van der Waals surface area contributed by atoms with Crippen molar-refractivity contribution in [2.24, 2.45) is 5.92 Å². The van der Waals surface area contributed by atoms with Gasteiger partial charge >= 0.3 is 5.97 Å². The molecule has 0 spiro atoms. The lowest BCUT2D eigenvalue weighted by Gasteiger charge is -2.25. The zero-order valence-electron chi connectivity index (χ0n) is 8.29. The number of hydrogen-bond donors (Lipinski definition) is 2. The summed E-state index contributed by atoms with van der Waals surface area (Å²) in [5, 5.41) is 8.99. The van der Waals surface area contributed by atoms with Crippen LogP contribution in [0.3, 0.4) is 0 Å². The van der Waals surface area contributed by atoms with Crippen LogP contribution in [0.2, 0.25) is 0 Å². The van der Waals surface area contributed by atoms with Gasteiger partial charge in [-0.2, -0.15) is 0 Å². The molecule has 0 radical (unpaired) electrons. The first-order valence-electron chi connectivity index (χ1n) is 5.08. The highest BCUT2D eigenvalue weighted by Crippen LogP contribution is 2.36. The standard InChI is InChI=1S/C11H15NO2/c1-7(11(13)14)9-4-2-3-8-5-12-6-10(8)9/h5-7,9,12H,2-4H2,1H3,(H,13,14). The lowest BCUT2D eigenvalue weighted by atomic mass is 9.78. The molecule has 14 heavy (non-hydrogen) atoms. The number of fused-ring (bicyclic) bond motifs is 1. The molecule has 1 heterocycles. The molecule has 0 bridgehead atoms. The summed E-state index contributed by atoms with van der Waals surface area (Å²) >= 11 is 0. The second-order valence-electron chi connectivity index (χ2n) is 4.06. The summed E-state index contributed by atoms with van der Waals surface area (Å²) in [6, 6.07) is 0. The first-order valence-corrected chi connectivity index (χ1v) is 5.08. The minimum atomic E-state index is -0.691. The van der Waals surface area contributed by atoms with E-state index in [0.29, 0.717) is 0 Å². The topological polar surface area (TPSA) is 53.1 Å². The van der Waals surface area contributed by atoms with Gasteiger partial charge < -0.3 is 10.1 Å². The monoisotopic (exact) mass is 193 g/mol. The highest BCUT2D eigenvalue weighted by atomic mass is 16.4. The molecule has 0 saturated carbocycles. The molecular formula is C11H15NO2. The van der Waals surface area contributed by atoms with Crippen LogP contribution in [0.4, 0.5) is 0 Å². The van der Waals surface area contributed by atoms with Crippen molar-refractivity contribution in [1.29, 1.82) is 0 Å². The quantitative estimate of drug-likeness (QED) is 0.756. The van der Waals surface area contributed by atoms with Gasteiger partial charge in [-0.05, 0) is 36.3 Å². The van der Waals surface area contributed by atoms with Crippen LogP contribution < -0.4 is 0 Å². The Kier molecular flexibility index (Phi) is 2.32. The van der Waals surface area contributed by atoms with Gasteiger partial charge in [-0.25, -0.2) is 0 Å². The molecule has 0 aliphatic heterocycles. The van der Waals surface area contributed by atoms with Crippen molar-refractivity contribution in [2.45, 2.75) is 32.1 Å². The van der Waals surface area contributed by atoms with Crippen LogP contribution in [0.25, 0.3) is 0 Å². The minimum Gasteiger partial charge on any atom is -0.481 e. The first kappa shape index (κ1) is 9.31. The molecule has 2 N–H and O–H groups in total. The van der Waals surface area contributed by atoms with Gasteiger partial charge in [-0.15, -0.1) is 0 Å². The predicted octanol–water partition coefficient (Wildman–Crippen LogP) is 2.16. The summed E-state index contributed by atoms with van der Waals surface area (Å²) < 4.78 is 0. The molecule has 1 aliphatic carbocycles. The Morgan fingerprint density at radius 3 is 3.14 bits per heavy atom. The van der Waals surface area contributed by atoms with E-state index >= 15 is 0 Å². The number of rotatable bonds is 2. The van der Waals surface area contributed by atoms with Gasteiger partial charge in [-0.3, -0.25) is 4.79 Å². The lowest BCUT2D eigenvalue weighted by Crippen LogP contribution is -2.21. The maximum absolute atomic E-state index is 10.9. The Balaban J connectivity index is 2.28. The highest BCUT2D eigenvalue weighted by Gasteiger charge is 2.29. The van der Waals surface area contributed by atoms with E-state index in [1.807, 2.05) is 12.4 Å². The smallest absolute Gasteiger partial charge is 0.306 e. The molecule has 0 aromatic carbocycles. The lowest BCUT2D eigenvalue weighted by molar-refractivity contribution is -0.142. The fraction of sp³-hybridized carbons (Fsp3) is 0.545. The predicted molar refractivity (Wildman–Crippen MR) is 53.3 cm³/mol. The minimum absolute atomic E-state index is 0.197. The normalized spacial score (nSPS) is 22.8. The van der Waals surface area contributed by atoms with Gasteiger partial charge in [0.05, 0.1) is 5.92 Å². The number of H-pyrrole nitrogens is 1. The van der Waals surface area contributed by atoms with E-state index in [4.69, 9.17) is 5.11 Å². The number of carbonyl (C=O) groups is 1. The number of aromatic nitrogens is 1. The number of carboxylic acids is 1. The molecule has 0 amide bonds. The van der Waals surface area contributed by atoms with Crippen molar-refractivity contribution in [1.82, 2.24) is 4.98 Å². The van der Waals surface area contributed by atoms with Crippen molar-refractivity contribution in [3.63, 3.8) is 0 Å². The fourth-order valence-corrected chi connectivity index (χ4v) is 2.33. The van der Waals surface area contributed by atoms with Gasteiger partial charge in [0.2, 0.25) is 0 Å². The summed E-state index contributed by atoms with van der Waals surface area (Å²) in [7, 11) is 0. The molecule has 0 saturated heterocycles. The molecule has 0 fully saturated rings. The summed E-state index contributed by atoms with van der Waals surface area (Å²) in [6.07, 6.45) is 7.14. The van der Waals surface area contributed by atoms with Crippen LogP contribution in [-0.4, -0.2) is 16.1 Å². The number of aromatic amines is 1. The van der Waals surface area contributed by atoms with Gasteiger partial charge in [-0.1, -0.05) is 6.92 Å². The third-order valence-electron chi connectivity index (χ3n) is 3.22. The van der Waals surface area contributed by atoms with Crippen LogP contribution in [0.1, 0.15) is 36.8 Å². The molecule has 1 aromatic rings. The van der Waals surface area contributed by atoms with Crippen molar-refractivity contribution in [3.8, 4) is 0 Å². The molecule has 2 atom stereocenters. The number of aryl methyl sites for hydroxylation is 1. The molecule has 1 aromatic heterocycles. The van der Waals surface area contributed by atoms with E-state index < -0.39 is 5.97 Å². The number of carboxylic acid groups (broad SMARTS) is 1. The summed E-state index contributed by atoms with van der Waals surface area (Å²) in [5.74, 6) is -0.767. The Morgan fingerprint density at radius 1 is 1.64 bits per heavy atom. The van der Waals surface area contributed by atoms with Gasteiger partial charge in [0.15, 0.2) is 0 Å². The molecule has 3 heteroatoms. The molecule has 76 valence electrons. The second kappa shape index (κ2) is 3.48. The zero-order chi connectivity index (χ0) is 10.1. The Bertz CT molecular complexity index is 343. The van der Waals surface area contributed by atoms with E-state index in [1.54, 1.807) is 6.92 Å². The molecule has 1 aliphatic rings. The van der Waals surface area contributed by atoms with Crippen molar-refractivity contribution >= 4 is 5.97 Å². The van der Waals surface area contributed by atoms with Gasteiger partial charge in [0.1, 0.15) is 0 Å². The summed E-state index contributed by atoms with van der Waals surface area (Å²) in [4.78, 5) is 14.0. The maximum atomic E-state index is 10.9. The van der Waals surface area contributed by atoms with Crippen LogP contribution in [0.15, 0.2) is 12.4 Å². The zero-order valence-corrected chi connectivity index (χ0v) is 8.29. The van der Waals surface area contributed by atoms with E-state index in [-0.39, 0.29) is 11.8 Å². The molecular weight excluding hydrogens is 178 g/mol. The highest BCUT2D eigenvalue weighted by molar-refractivity contribution is 5.71. The number of hydrogen-bond acceptors (Lipinski definition) is 1. The van der Waals surface area contributed by atoms with Crippen LogP contribution in [0.5, 0.6) is 0 Å². The Hall–Kier alpha value is -1.25. The molecule has 3 nitrogen and oxygen atoms in total. The van der Waals surface area contributed by atoms with Crippen molar-refractivity contribution in [3.05, 3.63) is 23.5 Å². The third kappa shape index (κ3) is 1.43. The summed E-state index contributed by atoms with van der Waals surface area (Å²) in [5.41, 5.74) is 2.51. The largest absolute Gasteiger partial charge is 0.481 e. The third-order valence-corrected chi connectivity index (χ3v) is 3.22. The van der Waals surface area contributed by atoms with Crippen LogP contribution in [0, 0.1) is 5.92 Å². The van der Waals surface area contributed by atoms with E-state index in [0.717, 1.165) is 19.3 Å². The number of aliphatic carboxylic acids is 1. The maximum Gasteiger partial charge on any atom is 0.306 e. The van der Waals surface area contributed by atoms with E-state index in [9.17, 15) is 4.79 Å². The Labute approximate surface area is 83.1 Å². The van der Waals surface area contributed by atoms with Gasteiger partial charge in [0, 0.05) is 12.4 Å². The van der Waals surface area contributed by atoms with Gasteiger partial charge in [0.25, 0.3) is 0 Å². The fourth-order valence-electron chi connectivity index (χ4n) is 2.33. The van der Waals surface area contributed by atoms with Crippen LogP contribution >= 0.6 is 0 Å². The second-order valence-corrected chi connectivity index (χ2v) is 4.06. The summed E-state index contributed by atoms with van der Waals surface area (Å²) in [6.45, 7) is 1.80. The van der Waals surface area contributed by atoms with E-state index in [1.165, 1.54) is 11.1 Å². The average Bonchev–Trinajstić information content (AvgIpc) is 2.63.